The first-order chi connectivity index (χ1) is 18.4. The highest BCUT2D eigenvalue weighted by Crippen LogP contribution is 2.35. The van der Waals surface area contributed by atoms with E-state index in [0.717, 1.165) is 27.0 Å². The van der Waals surface area contributed by atoms with Gasteiger partial charge < -0.3 is 10.1 Å². The molecule has 0 spiro atoms. The SMILES string of the molecule is Cc1cc(C#N)cc(C)c1Oc1nc(NCCc2cn(Cc3ccccc3[N+](=O)[O-])nn2)nc2ccsc12. The van der Waals surface area contributed by atoms with Gasteiger partial charge in [0.2, 0.25) is 11.8 Å². The smallest absolute Gasteiger partial charge is 0.274 e. The quantitative estimate of drug-likeness (QED) is 0.203. The van der Waals surface area contributed by atoms with E-state index in [1.807, 2.05) is 25.3 Å². The van der Waals surface area contributed by atoms with Crippen LogP contribution in [-0.4, -0.2) is 36.4 Å². The molecule has 0 aliphatic heterocycles. The van der Waals surface area contributed by atoms with Crippen LogP contribution in [0.3, 0.4) is 0 Å². The van der Waals surface area contributed by atoms with Crippen molar-refractivity contribution in [2.24, 2.45) is 0 Å². The van der Waals surface area contributed by atoms with Crippen LogP contribution in [0.5, 0.6) is 11.6 Å². The number of fused-ring (bicyclic) bond motifs is 1. The molecule has 0 saturated carbocycles. The van der Waals surface area contributed by atoms with E-state index < -0.39 is 4.92 Å². The number of hydrogen-bond donors (Lipinski definition) is 1. The third-order valence-electron chi connectivity index (χ3n) is 5.83. The van der Waals surface area contributed by atoms with Crippen LogP contribution >= 0.6 is 11.3 Å². The monoisotopic (exact) mass is 526 g/mol. The van der Waals surface area contributed by atoms with Gasteiger partial charge in [-0.3, -0.25) is 10.1 Å². The Kier molecular flexibility index (Phi) is 6.92. The molecule has 5 aromatic rings. The highest BCUT2D eigenvalue weighted by atomic mass is 32.1. The van der Waals surface area contributed by atoms with E-state index >= 15 is 0 Å². The van der Waals surface area contributed by atoms with Gasteiger partial charge in [0.1, 0.15) is 10.4 Å². The van der Waals surface area contributed by atoms with Gasteiger partial charge in [0.05, 0.1) is 39.9 Å². The van der Waals surface area contributed by atoms with Crippen molar-refractivity contribution in [3.05, 3.63) is 92.1 Å². The standard InChI is InChI=1S/C26H22N8O3S/c1-16-11-18(13-27)12-17(2)23(16)37-25-24-21(8-10-38-24)29-26(30-25)28-9-7-20-15-33(32-31-20)14-19-5-3-4-6-22(19)34(35)36/h3-6,8,10-12,15H,7,9,14H2,1-2H3,(H,28,29,30). The van der Waals surface area contributed by atoms with E-state index in [-0.39, 0.29) is 12.2 Å². The van der Waals surface area contributed by atoms with E-state index in [4.69, 9.17) is 4.74 Å². The molecule has 0 saturated heterocycles. The van der Waals surface area contributed by atoms with Crippen LogP contribution in [0, 0.1) is 35.3 Å². The van der Waals surface area contributed by atoms with Crippen molar-refractivity contribution in [2.45, 2.75) is 26.8 Å². The number of para-hydroxylation sites is 1. The predicted molar refractivity (Wildman–Crippen MR) is 143 cm³/mol. The first-order valence-electron chi connectivity index (χ1n) is 11.7. The number of rotatable bonds is 9. The van der Waals surface area contributed by atoms with Gasteiger partial charge in [0.15, 0.2) is 0 Å². The molecule has 190 valence electrons. The van der Waals surface area contributed by atoms with E-state index in [9.17, 15) is 15.4 Å². The first kappa shape index (κ1) is 24.8. The number of benzene rings is 2. The fourth-order valence-corrected chi connectivity index (χ4v) is 4.84. The number of nitro groups is 1. The number of nitro benzene ring substituents is 1. The number of hydrogen-bond acceptors (Lipinski definition) is 10. The lowest BCUT2D eigenvalue weighted by atomic mass is 10.1. The largest absolute Gasteiger partial charge is 0.437 e. The van der Waals surface area contributed by atoms with Crippen LogP contribution in [0.25, 0.3) is 10.2 Å². The van der Waals surface area contributed by atoms with Crippen molar-refractivity contribution in [3.8, 4) is 17.7 Å². The summed E-state index contributed by atoms with van der Waals surface area (Å²) in [5, 5.41) is 33.9. The maximum absolute atomic E-state index is 11.3. The van der Waals surface area contributed by atoms with Gasteiger partial charge in [-0.15, -0.1) is 16.4 Å². The van der Waals surface area contributed by atoms with Crippen LogP contribution < -0.4 is 10.1 Å². The van der Waals surface area contributed by atoms with Crippen molar-refractivity contribution in [1.29, 1.82) is 5.26 Å². The maximum atomic E-state index is 11.3. The molecule has 0 fully saturated rings. The third-order valence-corrected chi connectivity index (χ3v) is 6.72. The van der Waals surface area contributed by atoms with E-state index in [1.165, 1.54) is 17.4 Å². The molecule has 0 amide bonds. The number of ether oxygens (including phenoxy) is 1. The molecule has 12 heteroatoms. The number of nitrogens with one attached hydrogen (secondary N) is 1. The third kappa shape index (κ3) is 5.28. The molecule has 0 aliphatic carbocycles. The Bertz CT molecular complexity index is 1660. The molecule has 2 aromatic carbocycles. The van der Waals surface area contributed by atoms with E-state index in [2.05, 4.69) is 31.7 Å². The Labute approximate surface area is 221 Å². The van der Waals surface area contributed by atoms with Crippen molar-refractivity contribution in [3.63, 3.8) is 0 Å². The minimum Gasteiger partial charge on any atom is -0.437 e. The van der Waals surface area contributed by atoms with Gasteiger partial charge >= 0.3 is 0 Å². The molecule has 0 unspecified atom stereocenters. The zero-order valence-corrected chi connectivity index (χ0v) is 21.4. The fraction of sp³-hybridized carbons (Fsp3) is 0.192. The minimum absolute atomic E-state index is 0.0524. The fourth-order valence-electron chi connectivity index (χ4n) is 4.09. The Balaban J connectivity index is 1.28. The van der Waals surface area contributed by atoms with Gasteiger partial charge in [-0.1, -0.05) is 23.4 Å². The lowest BCUT2D eigenvalue weighted by Gasteiger charge is -2.13. The summed E-state index contributed by atoms with van der Waals surface area (Å²) in [5.74, 6) is 1.53. The normalized spacial score (nSPS) is 10.9. The second-order valence-corrected chi connectivity index (χ2v) is 9.53. The molecular weight excluding hydrogens is 504 g/mol. The minimum atomic E-state index is -0.399. The summed E-state index contributed by atoms with van der Waals surface area (Å²) in [5.41, 5.74) is 4.39. The Hall–Kier alpha value is -4.89. The summed E-state index contributed by atoms with van der Waals surface area (Å²) in [6.45, 7) is 4.55. The molecule has 0 aliphatic rings. The highest BCUT2D eigenvalue weighted by Gasteiger charge is 2.16. The summed E-state index contributed by atoms with van der Waals surface area (Å²) >= 11 is 1.49. The number of aryl methyl sites for hydroxylation is 2. The molecule has 0 atom stereocenters. The molecule has 38 heavy (non-hydrogen) atoms. The van der Waals surface area contributed by atoms with Crippen LogP contribution in [0.15, 0.2) is 54.0 Å². The molecule has 0 bridgehead atoms. The molecule has 3 aromatic heterocycles. The lowest BCUT2D eigenvalue weighted by Crippen LogP contribution is -2.09. The Morgan fingerprint density at radius 3 is 2.74 bits per heavy atom. The molecule has 3 heterocycles. The van der Waals surface area contributed by atoms with Gasteiger partial charge in [-0.05, 0) is 48.6 Å². The summed E-state index contributed by atoms with van der Waals surface area (Å²) in [7, 11) is 0. The molecule has 0 radical (unpaired) electrons. The average Bonchev–Trinajstić information content (AvgIpc) is 3.56. The van der Waals surface area contributed by atoms with Crippen molar-refractivity contribution in [1.82, 2.24) is 25.0 Å². The van der Waals surface area contributed by atoms with E-state index in [0.29, 0.717) is 41.7 Å². The van der Waals surface area contributed by atoms with Gasteiger partial charge in [0, 0.05) is 25.2 Å². The number of thiophene rings is 1. The zero-order valence-electron chi connectivity index (χ0n) is 20.6. The lowest BCUT2D eigenvalue weighted by molar-refractivity contribution is -0.385. The second kappa shape index (κ2) is 10.6. The van der Waals surface area contributed by atoms with Gasteiger partial charge in [-0.25, -0.2) is 9.67 Å². The zero-order chi connectivity index (χ0) is 26.6. The summed E-state index contributed by atoms with van der Waals surface area (Å²) in [4.78, 5) is 20.1. The number of aromatic nitrogens is 5. The summed E-state index contributed by atoms with van der Waals surface area (Å²) in [6.07, 6.45) is 2.32. The topological polar surface area (TPSA) is 145 Å². The Morgan fingerprint density at radius 1 is 1.18 bits per heavy atom. The van der Waals surface area contributed by atoms with Gasteiger partial charge in [-0.2, -0.15) is 10.2 Å². The summed E-state index contributed by atoms with van der Waals surface area (Å²) in [6, 6.07) is 14.2. The molecular formula is C26H22N8O3S. The van der Waals surface area contributed by atoms with Crippen LogP contribution in [0.2, 0.25) is 0 Å². The number of anilines is 1. The predicted octanol–water partition coefficient (Wildman–Crippen LogP) is 5.17. The number of nitrogens with zero attached hydrogens (tertiary/aromatic N) is 7. The highest BCUT2D eigenvalue weighted by molar-refractivity contribution is 7.17. The van der Waals surface area contributed by atoms with Crippen molar-refractivity contribution in [2.75, 3.05) is 11.9 Å². The summed E-state index contributed by atoms with van der Waals surface area (Å²) < 4.78 is 8.65. The van der Waals surface area contributed by atoms with Crippen molar-refractivity contribution < 1.29 is 9.66 Å². The molecule has 5 rings (SSSR count). The molecule has 11 nitrogen and oxygen atoms in total. The Morgan fingerprint density at radius 2 is 1.97 bits per heavy atom. The number of nitriles is 1. The second-order valence-electron chi connectivity index (χ2n) is 8.61. The average molecular weight is 527 g/mol. The van der Waals surface area contributed by atoms with Crippen molar-refractivity contribution >= 4 is 33.2 Å². The maximum Gasteiger partial charge on any atom is 0.274 e. The van der Waals surface area contributed by atoms with Crippen LogP contribution in [0.4, 0.5) is 11.6 Å². The molecule has 1 N–H and O–H groups in total. The van der Waals surface area contributed by atoms with Crippen LogP contribution in [0.1, 0.15) is 27.9 Å². The van der Waals surface area contributed by atoms with Gasteiger partial charge in [0.25, 0.3) is 5.69 Å². The first-order valence-corrected chi connectivity index (χ1v) is 12.6. The van der Waals surface area contributed by atoms with E-state index in [1.54, 1.807) is 41.2 Å². The van der Waals surface area contributed by atoms with Crippen LogP contribution in [-0.2, 0) is 13.0 Å².